The van der Waals surface area contributed by atoms with Gasteiger partial charge in [0.2, 0.25) is 0 Å². The topological polar surface area (TPSA) is 57.8 Å². The molecule has 1 N–H and O–H groups in total. The molecule has 5 heteroatoms. The Hall–Kier alpha value is -3.81. The Bertz CT molecular complexity index is 1360. The first-order valence-electron chi connectivity index (χ1n) is 9.83. The summed E-state index contributed by atoms with van der Waals surface area (Å²) in [5, 5.41) is 15.2. The molecule has 0 fully saturated rings. The van der Waals surface area contributed by atoms with E-state index in [1.165, 1.54) is 5.39 Å². The average Bonchev–Trinajstić information content (AvgIpc) is 3.06. The smallest absolute Gasteiger partial charge is 0.266 e. The lowest BCUT2D eigenvalue weighted by Crippen LogP contribution is -2.13. The van der Waals surface area contributed by atoms with Gasteiger partial charge >= 0.3 is 0 Å². The third-order valence-corrected chi connectivity index (χ3v) is 5.48. The Morgan fingerprint density at radius 1 is 1.00 bits per heavy atom. The zero-order valence-corrected chi connectivity index (χ0v) is 17.9. The molecule has 0 aliphatic heterocycles. The maximum atomic E-state index is 12.6. The van der Waals surface area contributed by atoms with Crippen LogP contribution in [0.2, 0.25) is 5.02 Å². The molecule has 0 saturated carbocycles. The normalized spacial score (nSPS) is 11.4. The molecule has 0 aliphatic rings. The van der Waals surface area contributed by atoms with E-state index in [0.29, 0.717) is 10.7 Å². The maximum Gasteiger partial charge on any atom is 0.266 e. The molecule has 31 heavy (non-hydrogen) atoms. The molecule has 0 saturated heterocycles. The molecule has 0 aliphatic carbocycles. The largest absolute Gasteiger partial charge is 0.321 e. The van der Waals surface area contributed by atoms with E-state index in [-0.39, 0.29) is 5.57 Å². The maximum absolute atomic E-state index is 12.6. The van der Waals surface area contributed by atoms with E-state index in [0.717, 1.165) is 28.0 Å². The van der Waals surface area contributed by atoms with Crippen molar-refractivity contribution in [2.45, 2.75) is 13.8 Å². The van der Waals surface area contributed by atoms with Crippen molar-refractivity contribution in [2.75, 3.05) is 5.32 Å². The van der Waals surface area contributed by atoms with Crippen LogP contribution < -0.4 is 5.32 Å². The molecule has 4 aromatic rings. The van der Waals surface area contributed by atoms with E-state index < -0.39 is 5.91 Å². The second-order valence-corrected chi connectivity index (χ2v) is 7.76. The van der Waals surface area contributed by atoms with Gasteiger partial charge in [0.1, 0.15) is 11.6 Å². The molecular formula is C26H20ClN3O. The second kappa shape index (κ2) is 8.51. The first-order chi connectivity index (χ1) is 15.0. The highest BCUT2D eigenvalue weighted by atomic mass is 35.5. The number of nitrogens with zero attached hydrogens (tertiary/aromatic N) is 2. The van der Waals surface area contributed by atoms with Crippen LogP contribution in [0.25, 0.3) is 22.5 Å². The highest BCUT2D eigenvalue weighted by Crippen LogP contribution is 2.26. The summed E-state index contributed by atoms with van der Waals surface area (Å²) in [6.07, 6.45) is 1.63. The Morgan fingerprint density at radius 3 is 2.42 bits per heavy atom. The van der Waals surface area contributed by atoms with Crippen LogP contribution in [0.5, 0.6) is 0 Å². The highest BCUT2D eigenvalue weighted by molar-refractivity contribution is 6.30. The van der Waals surface area contributed by atoms with Gasteiger partial charge in [0.25, 0.3) is 5.91 Å². The summed E-state index contributed by atoms with van der Waals surface area (Å²) in [5.74, 6) is -0.458. The fraction of sp³-hybridized carbons (Fsp3) is 0.0769. The van der Waals surface area contributed by atoms with Gasteiger partial charge in [0.05, 0.1) is 0 Å². The van der Waals surface area contributed by atoms with Crippen molar-refractivity contribution in [1.82, 2.24) is 4.57 Å². The summed E-state index contributed by atoms with van der Waals surface area (Å²) in [7, 11) is 0. The number of aryl methyl sites for hydroxylation is 1. The average molecular weight is 426 g/mol. The first kappa shape index (κ1) is 20.5. The van der Waals surface area contributed by atoms with Crippen molar-refractivity contribution in [1.29, 1.82) is 5.26 Å². The van der Waals surface area contributed by atoms with Crippen molar-refractivity contribution in [3.8, 4) is 11.8 Å². The molecule has 0 bridgehead atoms. The summed E-state index contributed by atoms with van der Waals surface area (Å²) < 4.78 is 2.13. The van der Waals surface area contributed by atoms with Crippen LogP contribution >= 0.6 is 11.6 Å². The van der Waals surface area contributed by atoms with Gasteiger partial charge in [-0.1, -0.05) is 41.9 Å². The number of aromatic nitrogens is 1. The molecule has 152 valence electrons. The van der Waals surface area contributed by atoms with Gasteiger partial charge in [-0.3, -0.25) is 4.79 Å². The number of carbonyl (C=O) groups excluding carboxylic acids is 1. The van der Waals surface area contributed by atoms with E-state index in [1.54, 1.807) is 30.3 Å². The monoisotopic (exact) mass is 425 g/mol. The number of nitriles is 1. The van der Waals surface area contributed by atoms with Gasteiger partial charge in [-0.05, 0) is 78.7 Å². The Kier molecular flexibility index (Phi) is 5.62. The Balaban J connectivity index is 1.67. The van der Waals surface area contributed by atoms with Crippen LogP contribution in [-0.2, 0) is 4.79 Å². The van der Waals surface area contributed by atoms with Crippen LogP contribution in [0.15, 0.2) is 78.4 Å². The summed E-state index contributed by atoms with van der Waals surface area (Å²) in [5.41, 5.74) is 4.46. The lowest BCUT2D eigenvalue weighted by molar-refractivity contribution is -0.112. The molecule has 1 aromatic heterocycles. The van der Waals surface area contributed by atoms with Crippen LogP contribution in [0.3, 0.4) is 0 Å². The van der Waals surface area contributed by atoms with Crippen LogP contribution in [0.1, 0.15) is 17.0 Å². The summed E-state index contributed by atoms with van der Waals surface area (Å²) >= 11 is 5.88. The molecule has 0 radical (unpaired) electrons. The molecule has 4 nitrogen and oxygen atoms in total. The van der Waals surface area contributed by atoms with Crippen molar-refractivity contribution in [2.24, 2.45) is 0 Å². The number of rotatable bonds is 4. The molecule has 1 amide bonds. The second-order valence-electron chi connectivity index (χ2n) is 7.32. The predicted octanol–water partition coefficient (Wildman–Crippen LogP) is 6.45. The molecule has 0 atom stereocenters. The van der Waals surface area contributed by atoms with E-state index in [2.05, 4.69) is 40.2 Å². The van der Waals surface area contributed by atoms with Crippen molar-refractivity contribution >= 4 is 40.0 Å². The Labute approximate surface area is 186 Å². The van der Waals surface area contributed by atoms with E-state index in [1.807, 2.05) is 38.1 Å². The third kappa shape index (κ3) is 4.23. The minimum atomic E-state index is -0.458. The van der Waals surface area contributed by atoms with Gasteiger partial charge in [-0.25, -0.2) is 0 Å². The summed E-state index contributed by atoms with van der Waals surface area (Å²) in [4.78, 5) is 12.6. The first-order valence-corrected chi connectivity index (χ1v) is 10.2. The van der Waals surface area contributed by atoms with Crippen LogP contribution in [0.4, 0.5) is 5.69 Å². The highest BCUT2D eigenvalue weighted by Gasteiger charge is 2.14. The number of amides is 1. The Morgan fingerprint density at radius 2 is 1.71 bits per heavy atom. The van der Waals surface area contributed by atoms with Crippen molar-refractivity contribution in [3.63, 3.8) is 0 Å². The number of benzene rings is 3. The number of nitrogens with one attached hydrogen (secondary N) is 1. The van der Waals surface area contributed by atoms with E-state index >= 15 is 0 Å². The molecular weight excluding hydrogens is 406 g/mol. The number of hydrogen-bond acceptors (Lipinski definition) is 2. The van der Waals surface area contributed by atoms with Crippen LogP contribution in [0, 0.1) is 25.2 Å². The minimum Gasteiger partial charge on any atom is -0.321 e. The number of fused-ring (bicyclic) bond motifs is 1. The number of hydrogen-bond donors (Lipinski definition) is 1. The molecule has 1 heterocycles. The zero-order valence-electron chi connectivity index (χ0n) is 17.2. The SMILES string of the molecule is Cc1cc(/C=C(/C#N)C(=O)Nc2ccc(Cl)cc2)c(C)n1-c1ccc2ccccc2c1. The number of anilines is 1. The number of carbonyl (C=O) groups is 1. The minimum absolute atomic E-state index is 0.0358. The van der Waals surface area contributed by atoms with E-state index in [9.17, 15) is 10.1 Å². The van der Waals surface area contributed by atoms with E-state index in [4.69, 9.17) is 11.6 Å². The number of halogens is 1. The van der Waals surface area contributed by atoms with Gasteiger partial charge < -0.3 is 9.88 Å². The van der Waals surface area contributed by atoms with Gasteiger partial charge in [-0.15, -0.1) is 0 Å². The molecule has 3 aromatic carbocycles. The van der Waals surface area contributed by atoms with Crippen LogP contribution in [-0.4, -0.2) is 10.5 Å². The predicted molar refractivity (Wildman–Crippen MR) is 126 cm³/mol. The van der Waals surface area contributed by atoms with Gasteiger partial charge in [0, 0.05) is 27.8 Å². The standard InChI is InChI=1S/C26H20ClN3O/c1-17-13-21(14-22(16-28)26(31)29-24-10-8-23(27)9-11-24)18(2)30(17)25-12-7-19-5-3-4-6-20(19)15-25/h3-15H,1-2H3,(H,29,31)/b22-14-. The molecule has 0 unspecified atom stereocenters. The van der Waals surface area contributed by atoms with Gasteiger partial charge in [0.15, 0.2) is 0 Å². The molecule has 4 rings (SSSR count). The lowest BCUT2D eigenvalue weighted by Gasteiger charge is -2.11. The lowest BCUT2D eigenvalue weighted by atomic mass is 10.1. The zero-order chi connectivity index (χ0) is 22.0. The third-order valence-electron chi connectivity index (χ3n) is 5.23. The summed E-state index contributed by atoms with van der Waals surface area (Å²) in [6.45, 7) is 4.00. The fourth-order valence-corrected chi connectivity index (χ4v) is 3.81. The van der Waals surface area contributed by atoms with Gasteiger partial charge in [-0.2, -0.15) is 5.26 Å². The van der Waals surface area contributed by atoms with Crippen molar-refractivity contribution in [3.05, 3.63) is 100 Å². The molecule has 0 spiro atoms. The quantitative estimate of drug-likeness (QED) is 0.302. The summed E-state index contributed by atoms with van der Waals surface area (Å²) in [6, 6.07) is 25.3. The fourth-order valence-electron chi connectivity index (χ4n) is 3.68. The van der Waals surface area contributed by atoms with Crippen molar-refractivity contribution < 1.29 is 4.79 Å².